The molecule has 4 rings (SSSR count). The number of benzene rings is 2. The Morgan fingerprint density at radius 2 is 2.00 bits per heavy atom. The van der Waals surface area contributed by atoms with E-state index in [1.807, 2.05) is 24.3 Å². The van der Waals surface area contributed by atoms with Crippen LogP contribution in [0.2, 0.25) is 5.02 Å². The van der Waals surface area contributed by atoms with E-state index in [9.17, 15) is 4.79 Å². The minimum atomic E-state index is -0.393. The normalized spacial score (nSPS) is 14.2. The van der Waals surface area contributed by atoms with Crippen LogP contribution in [-0.4, -0.2) is 16.7 Å². The van der Waals surface area contributed by atoms with Gasteiger partial charge in [-0.3, -0.25) is 4.57 Å². The Morgan fingerprint density at radius 1 is 1.22 bits per heavy atom. The lowest BCUT2D eigenvalue weighted by atomic mass is 10.1. The van der Waals surface area contributed by atoms with E-state index in [1.54, 1.807) is 10.6 Å². The van der Waals surface area contributed by atoms with Crippen molar-refractivity contribution >= 4 is 22.5 Å². The van der Waals surface area contributed by atoms with Crippen LogP contribution in [0, 0.1) is 0 Å². The zero-order valence-electron chi connectivity index (χ0n) is 12.6. The molecule has 0 spiro atoms. The molecule has 1 aliphatic rings. The molecule has 1 fully saturated rings. The summed E-state index contributed by atoms with van der Waals surface area (Å²) >= 11 is 6.30. The first-order valence-corrected chi connectivity index (χ1v) is 7.92. The molecule has 0 bridgehead atoms. The third-order valence-corrected chi connectivity index (χ3v) is 4.54. The third-order valence-electron chi connectivity index (χ3n) is 4.22. The number of ether oxygens (including phenoxy) is 1. The van der Waals surface area contributed by atoms with Gasteiger partial charge in [0.2, 0.25) is 5.88 Å². The first kappa shape index (κ1) is 14.3. The average molecular weight is 327 g/mol. The van der Waals surface area contributed by atoms with Gasteiger partial charge in [0.25, 0.3) is 0 Å². The SMILES string of the molecule is COc1nc(=O)n(-c2ccccc2Cl)c2cc(C3CC3)ccc12. The van der Waals surface area contributed by atoms with Gasteiger partial charge in [-0.05, 0) is 48.6 Å². The van der Waals surface area contributed by atoms with Gasteiger partial charge in [0.1, 0.15) is 0 Å². The molecule has 1 heterocycles. The van der Waals surface area contributed by atoms with Crippen molar-refractivity contribution in [2.24, 2.45) is 0 Å². The predicted molar refractivity (Wildman–Crippen MR) is 90.9 cm³/mol. The van der Waals surface area contributed by atoms with Crippen LogP contribution in [0.1, 0.15) is 24.3 Å². The molecule has 0 radical (unpaired) electrons. The largest absolute Gasteiger partial charge is 0.480 e. The summed E-state index contributed by atoms with van der Waals surface area (Å²) in [6.07, 6.45) is 2.40. The number of halogens is 1. The molecule has 1 aliphatic carbocycles. The first-order valence-electron chi connectivity index (χ1n) is 7.54. The zero-order chi connectivity index (χ0) is 16.0. The van der Waals surface area contributed by atoms with Gasteiger partial charge in [0.05, 0.1) is 28.7 Å². The second-order valence-corrected chi connectivity index (χ2v) is 6.15. The Labute approximate surface area is 138 Å². The summed E-state index contributed by atoms with van der Waals surface area (Å²) in [5, 5.41) is 1.32. The van der Waals surface area contributed by atoms with E-state index in [0.717, 1.165) is 10.9 Å². The van der Waals surface area contributed by atoms with Gasteiger partial charge in [-0.1, -0.05) is 29.8 Å². The van der Waals surface area contributed by atoms with Crippen molar-refractivity contribution in [1.82, 2.24) is 9.55 Å². The third kappa shape index (κ3) is 2.39. The van der Waals surface area contributed by atoms with E-state index >= 15 is 0 Å². The molecule has 116 valence electrons. The number of methoxy groups -OCH3 is 1. The Hall–Kier alpha value is -2.33. The molecule has 4 nitrogen and oxygen atoms in total. The fourth-order valence-corrected chi connectivity index (χ4v) is 3.13. The van der Waals surface area contributed by atoms with Crippen LogP contribution in [0.15, 0.2) is 47.3 Å². The highest BCUT2D eigenvalue weighted by Gasteiger charge is 2.25. The monoisotopic (exact) mass is 326 g/mol. The summed E-state index contributed by atoms with van der Waals surface area (Å²) in [7, 11) is 1.52. The second-order valence-electron chi connectivity index (χ2n) is 5.74. The van der Waals surface area contributed by atoms with E-state index < -0.39 is 5.69 Å². The number of para-hydroxylation sites is 1. The summed E-state index contributed by atoms with van der Waals surface area (Å²) in [6, 6.07) is 13.4. The molecule has 0 unspecified atom stereocenters. The highest BCUT2D eigenvalue weighted by atomic mass is 35.5. The van der Waals surface area contributed by atoms with E-state index in [4.69, 9.17) is 16.3 Å². The maximum Gasteiger partial charge on any atom is 0.356 e. The van der Waals surface area contributed by atoms with E-state index in [2.05, 4.69) is 17.1 Å². The van der Waals surface area contributed by atoms with Crippen molar-refractivity contribution < 1.29 is 4.74 Å². The number of hydrogen-bond acceptors (Lipinski definition) is 3. The standard InChI is InChI=1S/C18H15ClN2O2/c1-23-17-13-9-8-12(11-6-7-11)10-16(13)21(18(22)20-17)15-5-3-2-4-14(15)19/h2-5,8-11H,6-7H2,1H3. The number of hydrogen-bond donors (Lipinski definition) is 0. The molecule has 0 N–H and O–H groups in total. The van der Waals surface area contributed by atoms with Gasteiger partial charge in [-0.15, -0.1) is 0 Å². The van der Waals surface area contributed by atoms with Gasteiger partial charge in [0.15, 0.2) is 0 Å². The average Bonchev–Trinajstić information content (AvgIpc) is 3.40. The van der Waals surface area contributed by atoms with Crippen LogP contribution in [0.4, 0.5) is 0 Å². The first-order chi connectivity index (χ1) is 11.2. The van der Waals surface area contributed by atoms with Crippen LogP contribution in [-0.2, 0) is 0 Å². The molecule has 1 aromatic heterocycles. The smallest absolute Gasteiger partial charge is 0.356 e. The Kier molecular flexibility index (Phi) is 3.34. The highest BCUT2D eigenvalue weighted by molar-refractivity contribution is 6.32. The molecule has 0 atom stereocenters. The lowest BCUT2D eigenvalue weighted by Crippen LogP contribution is -2.22. The van der Waals surface area contributed by atoms with Crippen LogP contribution < -0.4 is 10.4 Å². The van der Waals surface area contributed by atoms with E-state index in [1.165, 1.54) is 25.5 Å². The minimum absolute atomic E-state index is 0.343. The van der Waals surface area contributed by atoms with Crippen molar-refractivity contribution in [1.29, 1.82) is 0 Å². The van der Waals surface area contributed by atoms with Crippen LogP contribution in [0.3, 0.4) is 0 Å². The lowest BCUT2D eigenvalue weighted by molar-refractivity contribution is 0.400. The highest BCUT2D eigenvalue weighted by Crippen LogP contribution is 2.41. The molecule has 2 aromatic carbocycles. The van der Waals surface area contributed by atoms with E-state index in [-0.39, 0.29) is 0 Å². The van der Waals surface area contributed by atoms with Gasteiger partial charge in [0, 0.05) is 0 Å². The molecule has 3 aromatic rings. The van der Waals surface area contributed by atoms with E-state index in [0.29, 0.717) is 22.5 Å². The molecular formula is C18H15ClN2O2. The van der Waals surface area contributed by atoms with Crippen molar-refractivity contribution in [3.8, 4) is 11.6 Å². The van der Waals surface area contributed by atoms with Crippen LogP contribution in [0.5, 0.6) is 5.88 Å². The topological polar surface area (TPSA) is 44.1 Å². The van der Waals surface area contributed by atoms with Crippen molar-refractivity contribution in [2.75, 3.05) is 7.11 Å². The summed E-state index contributed by atoms with van der Waals surface area (Å²) in [6.45, 7) is 0. The minimum Gasteiger partial charge on any atom is -0.480 e. The molecule has 1 saturated carbocycles. The Bertz CT molecular complexity index is 961. The second kappa shape index (κ2) is 5.39. The number of nitrogens with zero attached hydrogens (tertiary/aromatic N) is 2. The van der Waals surface area contributed by atoms with Crippen molar-refractivity contribution in [2.45, 2.75) is 18.8 Å². The molecule has 0 aliphatic heterocycles. The van der Waals surface area contributed by atoms with Gasteiger partial charge in [-0.2, -0.15) is 4.98 Å². The summed E-state index contributed by atoms with van der Waals surface area (Å²) < 4.78 is 6.85. The number of fused-ring (bicyclic) bond motifs is 1. The number of rotatable bonds is 3. The van der Waals surface area contributed by atoms with Crippen molar-refractivity contribution in [3.05, 3.63) is 63.5 Å². The summed E-state index contributed by atoms with van der Waals surface area (Å²) in [5.74, 6) is 0.934. The Balaban J connectivity index is 2.09. The predicted octanol–water partition coefficient (Wildman–Crippen LogP) is 3.93. The van der Waals surface area contributed by atoms with Crippen molar-refractivity contribution in [3.63, 3.8) is 0 Å². The molecular weight excluding hydrogens is 312 g/mol. The molecule has 0 saturated heterocycles. The fraction of sp³-hybridized carbons (Fsp3) is 0.222. The molecule has 5 heteroatoms. The maximum atomic E-state index is 12.6. The maximum absolute atomic E-state index is 12.6. The molecule has 23 heavy (non-hydrogen) atoms. The quantitative estimate of drug-likeness (QED) is 0.732. The van der Waals surface area contributed by atoms with Crippen LogP contribution >= 0.6 is 11.6 Å². The molecule has 0 amide bonds. The van der Waals surface area contributed by atoms with Crippen LogP contribution in [0.25, 0.3) is 16.6 Å². The Morgan fingerprint density at radius 3 is 2.70 bits per heavy atom. The van der Waals surface area contributed by atoms with Gasteiger partial charge >= 0.3 is 5.69 Å². The van der Waals surface area contributed by atoms with Gasteiger partial charge in [-0.25, -0.2) is 4.79 Å². The summed E-state index contributed by atoms with van der Waals surface area (Å²) in [5.41, 5.74) is 2.26. The summed E-state index contributed by atoms with van der Waals surface area (Å²) in [4.78, 5) is 16.6. The zero-order valence-corrected chi connectivity index (χ0v) is 13.4. The lowest BCUT2D eigenvalue weighted by Gasteiger charge is -2.14. The van der Waals surface area contributed by atoms with Gasteiger partial charge < -0.3 is 4.74 Å². The fourth-order valence-electron chi connectivity index (χ4n) is 2.91. The number of aromatic nitrogens is 2.